The third kappa shape index (κ3) is 4.07. The molecule has 2 amide bonds. The van der Waals surface area contributed by atoms with E-state index < -0.39 is 0 Å². The van der Waals surface area contributed by atoms with Crippen LogP contribution in [-0.4, -0.2) is 71.1 Å². The van der Waals surface area contributed by atoms with Crippen LogP contribution in [0.25, 0.3) is 0 Å². The Bertz CT molecular complexity index is 1030. The summed E-state index contributed by atoms with van der Waals surface area (Å²) >= 11 is 0. The molecule has 3 aliphatic carbocycles. The van der Waals surface area contributed by atoms with Crippen molar-refractivity contribution in [3.05, 3.63) is 35.6 Å². The maximum Gasteiger partial charge on any atom is 0.246 e. The molecule has 3 saturated carbocycles. The Kier molecular flexibility index (Phi) is 5.69. The zero-order valence-corrected chi connectivity index (χ0v) is 21.5. The Morgan fingerprint density at radius 1 is 1.11 bits per heavy atom. The van der Waals surface area contributed by atoms with Crippen molar-refractivity contribution in [3.8, 4) is 0 Å². The number of rotatable bonds is 5. The van der Waals surface area contributed by atoms with Crippen LogP contribution < -0.4 is 0 Å². The molecule has 6 rings (SSSR count). The number of piperidine rings is 1. The molecule has 188 valence electrons. The maximum atomic E-state index is 13.1. The van der Waals surface area contributed by atoms with Gasteiger partial charge in [0.1, 0.15) is 5.84 Å². The van der Waals surface area contributed by atoms with Crippen molar-refractivity contribution in [2.24, 2.45) is 28.2 Å². The summed E-state index contributed by atoms with van der Waals surface area (Å²) in [6.45, 7) is 12.3. The van der Waals surface area contributed by atoms with E-state index in [1.165, 1.54) is 48.6 Å². The summed E-state index contributed by atoms with van der Waals surface area (Å²) in [5, 5.41) is 0. The van der Waals surface area contributed by atoms with Gasteiger partial charge < -0.3 is 14.7 Å². The van der Waals surface area contributed by atoms with E-state index in [-0.39, 0.29) is 11.3 Å². The first-order valence-electron chi connectivity index (χ1n) is 13.9. The van der Waals surface area contributed by atoms with Gasteiger partial charge in [0.2, 0.25) is 11.8 Å². The van der Waals surface area contributed by atoms with Crippen LogP contribution in [0.4, 0.5) is 0 Å². The third-order valence-electron chi connectivity index (χ3n) is 9.22. The van der Waals surface area contributed by atoms with Gasteiger partial charge in [0, 0.05) is 61.2 Å². The minimum absolute atomic E-state index is 0.0224. The number of aliphatic imine (C=N–C) groups is 1. The summed E-state index contributed by atoms with van der Waals surface area (Å²) in [7, 11) is 0. The zero-order chi connectivity index (χ0) is 24.3. The Morgan fingerprint density at radius 2 is 1.89 bits per heavy atom. The van der Waals surface area contributed by atoms with Gasteiger partial charge in [0.25, 0.3) is 0 Å². The SMILES string of the molecule is C=CC(=O)N1CCC2(C)C(=C(C3CC3)N=C(N3CCN(C(=O)C4CC4)[C@H](C4CC4)C3)/C2=C/CC)C1. The number of hydrogen-bond donors (Lipinski definition) is 0. The van der Waals surface area contributed by atoms with Gasteiger partial charge in [-0.2, -0.15) is 0 Å². The van der Waals surface area contributed by atoms with Crippen LogP contribution in [0, 0.1) is 23.2 Å². The summed E-state index contributed by atoms with van der Waals surface area (Å²) < 4.78 is 0. The first-order chi connectivity index (χ1) is 16.9. The van der Waals surface area contributed by atoms with Crippen LogP contribution in [0.5, 0.6) is 0 Å². The van der Waals surface area contributed by atoms with Crippen LogP contribution >= 0.6 is 0 Å². The van der Waals surface area contributed by atoms with Gasteiger partial charge in [-0.05, 0) is 68.9 Å². The molecular weight excluding hydrogens is 436 g/mol. The number of amides is 2. The lowest BCUT2D eigenvalue weighted by Crippen LogP contribution is -2.59. The first-order valence-corrected chi connectivity index (χ1v) is 13.9. The van der Waals surface area contributed by atoms with E-state index in [0.29, 0.717) is 36.2 Å². The van der Waals surface area contributed by atoms with Crippen molar-refractivity contribution in [3.63, 3.8) is 0 Å². The molecule has 3 heterocycles. The zero-order valence-electron chi connectivity index (χ0n) is 21.5. The van der Waals surface area contributed by atoms with Crippen LogP contribution in [0.3, 0.4) is 0 Å². The lowest BCUT2D eigenvalue weighted by atomic mass is 9.67. The number of amidine groups is 1. The number of carbonyl (C=O) groups excluding carboxylic acids is 2. The van der Waals surface area contributed by atoms with Crippen LogP contribution in [0.1, 0.15) is 65.2 Å². The Balaban J connectivity index is 1.35. The molecule has 0 bridgehead atoms. The normalized spacial score (nSPS) is 32.5. The predicted octanol–water partition coefficient (Wildman–Crippen LogP) is 4.16. The molecule has 35 heavy (non-hydrogen) atoms. The molecule has 0 aromatic carbocycles. The smallest absolute Gasteiger partial charge is 0.246 e. The number of nitrogens with zero attached hydrogens (tertiary/aromatic N) is 4. The molecule has 0 N–H and O–H groups in total. The van der Waals surface area contributed by atoms with Crippen molar-refractivity contribution < 1.29 is 9.59 Å². The van der Waals surface area contributed by atoms with Crippen molar-refractivity contribution in [2.75, 3.05) is 32.7 Å². The molecular formula is C29H40N4O2. The molecule has 3 aliphatic heterocycles. The van der Waals surface area contributed by atoms with E-state index in [0.717, 1.165) is 57.7 Å². The second-order valence-corrected chi connectivity index (χ2v) is 11.8. The van der Waals surface area contributed by atoms with E-state index in [1.807, 2.05) is 4.90 Å². The van der Waals surface area contributed by atoms with Gasteiger partial charge in [-0.25, -0.2) is 4.99 Å². The molecule has 1 unspecified atom stereocenters. The van der Waals surface area contributed by atoms with Gasteiger partial charge in [0.15, 0.2) is 0 Å². The standard InChI is InChI=1S/C29H40N4O2/c1-4-6-22-27(32-15-16-33(28(35)21-11-12-21)24(18-32)19-7-8-19)30-26(20-9-10-20)23-17-31(25(34)5-2)14-13-29(22,23)3/h5-6,19-21,24H,2,4,7-18H2,1,3H3/b22-6-/t24-,29?/m0/s1. The van der Waals surface area contributed by atoms with Gasteiger partial charge in [0.05, 0.1) is 6.04 Å². The van der Waals surface area contributed by atoms with Gasteiger partial charge in [-0.1, -0.05) is 26.5 Å². The lowest BCUT2D eigenvalue weighted by Gasteiger charge is -2.50. The van der Waals surface area contributed by atoms with Gasteiger partial charge in [-0.15, -0.1) is 0 Å². The molecule has 6 nitrogen and oxygen atoms in total. The lowest BCUT2D eigenvalue weighted by molar-refractivity contribution is -0.137. The highest BCUT2D eigenvalue weighted by Gasteiger charge is 2.50. The highest BCUT2D eigenvalue weighted by atomic mass is 16.2. The summed E-state index contributed by atoms with van der Waals surface area (Å²) in [5.41, 5.74) is 3.86. The molecule has 6 heteroatoms. The minimum atomic E-state index is -0.0843. The summed E-state index contributed by atoms with van der Waals surface area (Å²) in [5.74, 6) is 3.06. The topological polar surface area (TPSA) is 56.2 Å². The van der Waals surface area contributed by atoms with E-state index in [2.05, 4.69) is 36.3 Å². The molecule has 0 aromatic heterocycles. The van der Waals surface area contributed by atoms with Crippen molar-refractivity contribution in [2.45, 2.75) is 71.3 Å². The maximum absolute atomic E-state index is 13.1. The third-order valence-corrected chi connectivity index (χ3v) is 9.22. The van der Waals surface area contributed by atoms with E-state index in [9.17, 15) is 9.59 Å². The van der Waals surface area contributed by atoms with Crippen LogP contribution in [-0.2, 0) is 9.59 Å². The quantitative estimate of drug-likeness (QED) is 0.560. The van der Waals surface area contributed by atoms with Crippen molar-refractivity contribution in [1.29, 1.82) is 0 Å². The number of allylic oxidation sites excluding steroid dienone is 2. The highest BCUT2D eigenvalue weighted by molar-refractivity contribution is 6.02. The largest absolute Gasteiger partial charge is 0.353 e. The monoisotopic (exact) mass is 476 g/mol. The van der Waals surface area contributed by atoms with Gasteiger partial charge >= 0.3 is 0 Å². The molecule has 0 radical (unpaired) electrons. The molecule has 0 spiro atoms. The molecule has 2 atom stereocenters. The average molecular weight is 477 g/mol. The molecule has 2 saturated heterocycles. The molecule has 5 fully saturated rings. The predicted molar refractivity (Wildman–Crippen MR) is 138 cm³/mol. The first kappa shape index (κ1) is 23.1. The molecule has 0 aromatic rings. The summed E-state index contributed by atoms with van der Waals surface area (Å²) in [4.78, 5) is 37.7. The van der Waals surface area contributed by atoms with Crippen molar-refractivity contribution in [1.82, 2.24) is 14.7 Å². The number of piperazine rings is 1. The Hall–Kier alpha value is -2.37. The molecule has 6 aliphatic rings. The van der Waals surface area contributed by atoms with E-state index in [1.54, 1.807) is 0 Å². The summed E-state index contributed by atoms with van der Waals surface area (Å²) in [6, 6.07) is 0.331. The second kappa shape index (κ2) is 8.63. The second-order valence-electron chi connectivity index (χ2n) is 11.8. The number of likely N-dealkylation sites (tertiary alicyclic amines) is 1. The van der Waals surface area contributed by atoms with Crippen LogP contribution in [0.15, 0.2) is 40.6 Å². The van der Waals surface area contributed by atoms with E-state index >= 15 is 0 Å². The number of hydrogen-bond acceptors (Lipinski definition) is 4. The van der Waals surface area contributed by atoms with E-state index in [4.69, 9.17) is 4.99 Å². The number of carbonyl (C=O) groups is 2. The van der Waals surface area contributed by atoms with Crippen molar-refractivity contribution >= 4 is 17.6 Å². The Morgan fingerprint density at radius 3 is 2.51 bits per heavy atom. The fourth-order valence-corrected chi connectivity index (χ4v) is 6.60. The Labute approximate surface area is 209 Å². The number of fused-ring (bicyclic) bond motifs is 1. The summed E-state index contributed by atoms with van der Waals surface area (Å²) in [6.07, 6.45) is 12.8. The highest BCUT2D eigenvalue weighted by Crippen LogP contribution is 2.53. The average Bonchev–Trinajstić information content (AvgIpc) is 3.73. The van der Waals surface area contributed by atoms with Gasteiger partial charge in [-0.3, -0.25) is 9.59 Å². The van der Waals surface area contributed by atoms with Crippen LogP contribution in [0.2, 0.25) is 0 Å². The minimum Gasteiger partial charge on any atom is -0.353 e. The fraction of sp³-hybridized carbons (Fsp3) is 0.690. The fourth-order valence-electron chi connectivity index (χ4n) is 6.60.